The highest BCUT2D eigenvalue weighted by Gasteiger charge is 2.25. The molecule has 1 amide bonds. The van der Waals surface area contributed by atoms with E-state index in [1.807, 2.05) is 6.92 Å². The molecule has 1 aromatic heterocycles. The smallest absolute Gasteiger partial charge is 0.405 e. The zero-order valence-corrected chi connectivity index (χ0v) is 11.0. The van der Waals surface area contributed by atoms with Gasteiger partial charge in [-0.15, -0.1) is 0 Å². The lowest BCUT2D eigenvalue weighted by atomic mass is 10.0. The number of carbonyl (C=O) groups excluding carboxylic acids is 1. The third-order valence-electron chi connectivity index (χ3n) is 2.66. The van der Waals surface area contributed by atoms with Crippen molar-refractivity contribution in [2.75, 3.05) is 0 Å². The summed E-state index contributed by atoms with van der Waals surface area (Å²) in [5.74, 6) is 0. The Kier molecular flexibility index (Phi) is 4.01. The molecule has 0 bridgehead atoms. The largest absolute Gasteiger partial charge is 0.439 e. The third kappa shape index (κ3) is 3.23. The van der Waals surface area contributed by atoms with Crippen LogP contribution in [-0.4, -0.2) is 21.1 Å². The van der Waals surface area contributed by atoms with Crippen molar-refractivity contribution < 1.29 is 9.53 Å². The Labute approximate surface area is 115 Å². The molecule has 0 saturated heterocycles. The van der Waals surface area contributed by atoms with Gasteiger partial charge in [0.2, 0.25) is 0 Å². The summed E-state index contributed by atoms with van der Waals surface area (Å²) < 4.78 is 5.16. The average molecular weight is 281 g/mol. The Morgan fingerprint density at radius 2 is 2.11 bits per heavy atom. The number of hydrogen-bond donors (Lipinski definition) is 1. The van der Waals surface area contributed by atoms with Crippen LogP contribution in [0.25, 0.3) is 0 Å². The SMILES string of the molecule is CC(C(OC(N)=O)c1cccc(Cl)c1)n1nccn1. The van der Waals surface area contributed by atoms with Gasteiger partial charge < -0.3 is 10.5 Å². The van der Waals surface area contributed by atoms with Gasteiger partial charge in [-0.25, -0.2) is 4.79 Å². The van der Waals surface area contributed by atoms with E-state index < -0.39 is 12.2 Å². The van der Waals surface area contributed by atoms with Crippen molar-refractivity contribution in [2.24, 2.45) is 5.73 Å². The summed E-state index contributed by atoms with van der Waals surface area (Å²) in [7, 11) is 0. The third-order valence-corrected chi connectivity index (χ3v) is 2.89. The Morgan fingerprint density at radius 1 is 1.42 bits per heavy atom. The molecule has 2 atom stereocenters. The Morgan fingerprint density at radius 3 is 2.68 bits per heavy atom. The summed E-state index contributed by atoms with van der Waals surface area (Å²) in [4.78, 5) is 12.5. The first-order chi connectivity index (χ1) is 9.08. The van der Waals surface area contributed by atoms with Crippen molar-refractivity contribution in [3.05, 3.63) is 47.2 Å². The fourth-order valence-electron chi connectivity index (χ4n) is 1.81. The van der Waals surface area contributed by atoms with E-state index in [1.165, 1.54) is 4.80 Å². The second-order valence-corrected chi connectivity index (χ2v) is 4.44. The zero-order chi connectivity index (χ0) is 13.8. The summed E-state index contributed by atoms with van der Waals surface area (Å²) in [6, 6.07) is 6.73. The lowest BCUT2D eigenvalue weighted by molar-refractivity contribution is 0.0682. The van der Waals surface area contributed by atoms with Gasteiger partial charge in [0.25, 0.3) is 0 Å². The predicted octanol–water partition coefficient (Wildman–Crippen LogP) is 2.33. The van der Waals surface area contributed by atoms with E-state index in [0.29, 0.717) is 5.02 Å². The molecular formula is C12H13ClN4O2. The molecule has 100 valence electrons. The number of primary amides is 1. The van der Waals surface area contributed by atoms with Crippen molar-refractivity contribution in [1.82, 2.24) is 15.0 Å². The molecule has 0 aliphatic heterocycles. The normalized spacial score (nSPS) is 13.8. The second-order valence-electron chi connectivity index (χ2n) is 4.00. The van der Waals surface area contributed by atoms with Gasteiger partial charge in [0, 0.05) is 5.02 Å². The van der Waals surface area contributed by atoms with Gasteiger partial charge in [0.1, 0.15) is 6.04 Å². The quantitative estimate of drug-likeness (QED) is 0.932. The van der Waals surface area contributed by atoms with Gasteiger partial charge in [0.15, 0.2) is 6.10 Å². The van der Waals surface area contributed by atoms with Crippen molar-refractivity contribution in [1.29, 1.82) is 0 Å². The van der Waals surface area contributed by atoms with Crippen LogP contribution in [0, 0.1) is 0 Å². The minimum Gasteiger partial charge on any atom is -0.439 e. The maximum atomic E-state index is 11.1. The molecule has 0 radical (unpaired) electrons. The highest BCUT2D eigenvalue weighted by Crippen LogP contribution is 2.30. The highest BCUT2D eigenvalue weighted by molar-refractivity contribution is 6.30. The number of carbonyl (C=O) groups is 1. The van der Waals surface area contributed by atoms with Crippen molar-refractivity contribution >= 4 is 17.7 Å². The van der Waals surface area contributed by atoms with Crippen molar-refractivity contribution in [3.63, 3.8) is 0 Å². The van der Waals surface area contributed by atoms with E-state index in [9.17, 15) is 4.79 Å². The lowest BCUT2D eigenvalue weighted by Crippen LogP contribution is -2.25. The molecule has 0 aliphatic carbocycles. The molecule has 2 unspecified atom stereocenters. The number of aromatic nitrogens is 3. The minimum absolute atomic E-state index is 0.305. The topological polar surface area (TPSA) is 83.0 Å². The molecule has 0 saturated carbocycles. The number of amides is 1. The summed E-state index contributed by atoms with van der Waals surface area (Å²) in [5.41, 5.74) is 5.85. The number of hydrogen-bond acceptors (Lipinski definition) is 4. The number of nitrogens with zero attached hydrogens (tertiary/aromatic N) is 3. The monoisotopic (exact) mass is 280 g/mol. The number of rotatable bonds is 4. The molecule has 2 rings (SSSR count). The molecular weight excluding hydrogens is 268 g/mol. The van der Waals surface area contributed by atoms with Gasteiger partial charge >= 0.3 is 6.09 Å². The molecule has 0 spiro atoms. The zero-order valence-electron chi connectivity index (χ0n) is 10.2. The van der Waals surface area contributed by atoms with Gasteiger partial charge in [-0.05, 0) is 24.6 Å². The summed E-state index contributed by atoms with van der Waals surface area (Å²) in [5, 5.41) is 8.62. The van der Waals surface area contributed by atoms with Gasteiger partial charge in [-0.1, -0.05) is 23.7 Å². The number of halogens is 1. The first-order valence-corrected chi connectivity index (χ1v) is 6.03. The van der Waals surface area contributed by atoms with E-state index in [0.717, 1.165) is 5.56 Å². The second kappa shape index (κ2) is 5.71. The Hall–Kier alpha value is -2.08. The van der Waals surface area contributed by atoms with E-state index in [-0.39, 0.29) is 6.04 Å². The first kappa shape index (κ1) is 13.4. The molecule has 1 aromatic carbocycles. The van der Waals surface area contributed by atoms with Gasteiger partial charge in [0.05, 0.1) is 12.4 Å². The fraction of sp³-hybridized carbons (Fsp3) is 0.250. The maximum absolute atomic E-state index is 11.1. The van der Waals surface area contributed by atoms with Crippen LogP contribution in [0.3, 0.4) is 0 Å². The molecule has 19 heavy (non-hydrogen) atoms. The molecule has 2 aromatic rings. The standard InChI is InChI=1S/C12H13ClN4O2/c1-8(17-15-5-6-16-17)11(19-12(14)18)9-3-2-4-10(13)7-9/h2-8,11H,1H3,(H2,14,18). The van der Waals surface area contributed by atoms with Gasteiger partial charge in [-0.2, -0.15) is 15.0 Å². The molecule has 1 heterocycles. The fourth-order valence-corrected chi connectivity index (χ4v) is 2.01. The predicted molar refractivity (Wildman–Crippen MR) is 69.6 cm³/mol. The number of ether oxygens (including phenoxy) is 1. The number of nitrogens with two attached hydrogens (primary N) is 1. The van der Waals surface area contributed by atoms with Crippen molar-refractivity contribution in [2.45, 2.75) is 19.1 Å². The van der Waals surface area contributed by atoms with Crippen LogP contribution in [0.15, 0.2) is 36.7 Å². The van der Waals surface area contributed by atoms with Crippen LogP contribution >= 0.6 is 11.6 Å². The van der Waals surface area contributed by atoms with Crippen LogP contribution in [0.1, 0.15) is 24.6 Å². The lowest BCUT2D eigenvalue weighted by Gasteiger charge is -2.23. The van der Waals surface area contributed by atoms with E-state index >= 15 is 0 Å². The molecule has 6 nitrogen and oxygen atoms in total. The first-order valence-electron chi connectivity index (χ1n) is 5.65. The Balaban J connectivity index is 2.33. The molecule has 2 N–H and O–H groups in total. The van der Waals surface area contributed by atoms with Crippen LogP contribution in [0.4, 0.5) is 4.79 Å². The highest BCUT2D eigenvalue weighted by atomic mass is 35.5. The minimum atomic E-state index is -0.857. The van der Waals surface area contributed by atoms with Crippen molar-refractivity contribution in [3.8, 4) is 0 Å². The van der Waals surface area contributed by atoms with E-state index in [4.69, 9.17) is 22.1 Å². The molecule has 0 aliphatic rings. The summed E-state index contributed by atoms with van der Waals surface area (Å²) >= 11 is 5.95. The maximum Gasteiger partial charge on any atom is 0.405 e. The van der Waals surface area contributed by atoms with Crippen LogP contribution < -0.4 is 5.73 Å². The average Bonchev–Trinajstić information content (AvgIpc) is 2.88. The summed E-state index contributed by atoms with van der Waals surface area (Å²) in [6.45, 7) is 1.83. The molecule has 7 heteroatoms. The van der Waals surface area contributed by atoms with Crippen LogP contribution in [0.2, 0.25) is 5.02 Å². The number of benzene rings is 1. The van der Waals surface area contributed by atoms with E-state index in [2.05, 4.69) is 10.2 Å². The molecule has 0 fully saturated rings. The van der Waals surface area contributed by atoms with Gasteiger partial charge in [-0.3, -0.25) is 0 Å². The summed E-state index contributed by atoms with van der Waals surface area (Å²) in [6.07, 6.45) is 1.64. The Bertz CT molecular complexity index is 559. The van der Waals surface area contributed by atoms with E-state index in [1.54, 1.807) is 36.7 Å². The van der Waals surface area contributed by atoms with Crippen LogP contribution in [0.5, 0.6) is 0 Å². The van der Waals surface area contributed by atoms with Crippen LogP contribution in [-0.2, 0) is 4.74 Å².